The highest BCUT2D eigenvalue weighted by Gasteiger charge is 2.19. The molecule has 188 valence electrons. The molecule has 0 aliphatic rings. The molecule has 1 aromatic heterocycles. The van der Waals surface area contributed by atoms with Crippen LogP contribution in [0.15, 0.2) is 107 Å². The Labute approximate surface area is 227 Å². The molecule has 7 nitrogen and oxygen atoms in total. The lowest BCUT2D eigenvalue weighted by molar-refractivity contribution is 0.0729. The number of hydrazone groups is 1. The molecule has 1 heterocycles. The van der Waals surface area contributed by atoms with Crippen molar-refractivity contribution in [3.8, 4) is 22.6 Å². The van der Waals surface area contributed by atoms with Crippen molar-refractivity contribution in [2.24, 2.45) is 5.10 Å². The fraction of sp³-hybridized carbons (Fsp3) is 0.0333. The van der Waals surface area contributed by atoms with Gasteiger partial charge in [0.15, 0.2) is 11.5 Å². The summed E-state index contributed by atoms with van der Waals surface area (Å²) in [7, 11) is 1.48. The number of aromatic nitrogens is 1. The predicted octanol–water partition coefficient (Wildman–Crippen LogP) is 6.59. The van der Waals surface area contributed by atoms with Crippen molar-refractivity contribution in [1.82, 2.24) is 10.4 Å². The van der Waals surface area contributed by atoms with Crippen LogP contribution in [0.4, 0.5) is 0 Å². The number of hydrogen-bond acceptors (Lipinski definition) is 5. The summed E-state index contributed by atoms with van der Waals surface area (Å²) >= 11 is 3.34. The summed E-state index contributed by atoms with van der Waals surface area (Å²) in [5, 5.41) is 5.08. The van der Waals surface area contributed by atoms with Gasteiger partial charge in [-0.2, -0.15) is 5.10 Å². The Balaban J connectivity index is 1.33. The Bertz CT molecular complexity index is 1640. The van der Waals surface area contributed by atoms with Gasteiger partial charge in [-0.05, 0) is 59.7 Å². The van der Waals surface area contributed by atoms with E-state index in [4.69, 9.17) is 9.47 Å². The lowest BCUT2D eigenvalue weighted by Crippen LogP contribution is -2.18. The maximum Gasteiger partial charge on any atom is 0.343 e. The number of carbonyl (C=O) groups is 2. The van der Waals surface area contributed by atoms with Gasteiger partial charge in [-0.25, -0.2) is 10.2 Å². The van der Waals surface area contributed by atoms with E-state index in [1.54, 1.807) is 42.5 Å². The van der Waals surface area contributed by atoms with E-state index in [2.05, 4.69) is 31.4 Å². The molecule has 5 rings (SSSR count). The van der Waals surface area contributed by atoms with Crippen molar-refractivity contribution in [2.75, 3.05) is 7.11 Å². The maximum absolute atomic E-state index is 13.1. The summed E-state index contributed by atoms with van der Waals surface area (Å²) in [6.07, 6.45) is 1.49. The van der Waals surface area contributed by atoms with Gasteiger partial charge in [0.05, 0.1) is 18.9 Å². The molecular weight excluding hydrogens is 546 g/mol. The largest absolute Gasteiger partial charge is 0.493 e. The van der Waals surface area contributed by atoms with Crippen LogP contribution in [0.25, 0.3) is 22.0 Å². The van der Waals surface area contributed by atoms with Gasteiger partial charge in [0, 0.05) is 20.9 Å². The van der Waals surface area contributed by atoms with Gasteiger partial charge >= 0.3 is 5.97 Å². The van der Waals surface area contributed by atoms with Gasteiger partial charge in [0.2, 0.25) is 0 Å². The molecule has 4 aromatic carbocycles. The number of hydrogen-bond donors (Lipinski definition) is 2. The molecule has 5 aromatic rings. The summed E-state index contributed by atoms with van der Waals surface area (Å²) in [4.78, 5) is 28.8. The topological polar surface area (TPSA) is 92.8 Å². The van der Waals surface area contributed by atoms with Gasteiger partial charge in [0.1, 0.15) is 5.69 Å². The first-order valence-electron chi connectivity index (χ1n) is 11.7. The van der Waals surface area contributed by atoms with Gasteiger partial charge in [0.25, 0.3) is 5.91 Å². The number of benzene rings is 4. The third kappa shape index (κ3) is 5.35. The average molecular weight is 568 g/mol. The SMILES string of the molecule is COc1cc(C=NNC(=O)c2[nH]c3ccccc3c2-c2ccccc2)ccc1OC(=O)c1ccc(Br)cc1. The molecule has 0 radical (unpaired) electrons. The Morgan fingerprint density at radius 2 is 1.63 bits per heavy atom. The zero-order valence-corrected chi connectivity index (χ0v) is 21.9. The molecule has 0 saturated carbocycles. The predicted molar refractivity (Wildman–Crippen MR) is 151 cm³/mol. The summed E-state index contributed by atoms with van der Waals surface area (Å²) < 4.78 is 11.8. The number of nitrogens with zero attached hydrogens (tertiary/aromatic N) is 1. The molecule has 1 amide bonds. The Kier molecular flexibility index (Phi) is 7.33. The zero-order chi connectivity index (χ0) is 26.5. The van der Waals surface area contributed by atoms with E-state index in [-0.39, 0.29) is 11.7 Å². The first-order chi connectivity index (χ1) is 18.5. The van der Waals surface area contributed by atoms with Crippen molar-refractivity contribution in [1.29, 1.82) is 0 Å². The van der Waals surface area contributed by atoms with E-state index in [0.29, 0.717) is 22.6 Å². The van der Waals surface area contributed by atoms with Crippen LogP contribution in [0.2, 0.25) is 0 Å². The number of para-hydroxylation sites is 1. The highest BCUT2D eigenvalue weighted by Crippen LogP contribution is 2.32. The Morgan fingerprint density at radius 3 is 2.39 bits per heavy atom. The molecule has 2 N–H and O–H groups in total. The first-order valence-corrected chi connectivity index (χ1v) is 12.5. The second-order valence-electron chi connectivity index (χ2n) is 8.29. The molecule has 38 heavy (non-hydrogen) atoms. The molecule has 0 spiro atoms. The third-order valence-electron chi connectivity index (χ3n) is 5.85. The van der Waals surface area contributed by atoms with Crippen LogP contribution in [-0.2, 0) is 0 Å². The fourth-order valence-corrected chi connectivity index (χ4v) is 4.30. The number of carbonyl (C=O) groups excluding carboxylic acids is 2. The number of fused-ring (bicyclic) bond motifs is 1. The molecule has 8 heteroatoms. The van der Waals surface area contributed by atoms with E-state index in [1.165, 1.54) is 13.3 Å². The zero-order valence-electron chi connectivity index (χ0n) is 20.3. The monoisotopic (exact) mass is 567 g/mol. The van der Waals surface area contributed by atoms with Crippen molar-refractivity contribution in [3.63, 3.8) is 0 Å². The Morgan fingerprint density at radius 1 is 0.895 bits per heavy atom. The lowest BCUT2D eigenvalue weighted by Gasteiger charge is -2.10. The number of rotatable bonds is 7. The molecule has 0 aliphatic heterocycles. The number of esters is 1. The second-order valence-corrected chi connectivity index (χ2v) is 9.21. The standard InChI is InChI=1S/C30H22BrN3O4/c1-37-26-17-19(11-16-25(26)38-30(36)21-12-14-22(31)15-13-21)18-32-34-29(35)28-27(20-7-3-2-4-8-20)23-9-5-6-10-24(23)33-28/h2-18,33H,1H3,(H,34,35). The minimum atomic E-state index is -0.503. The fourth-order valence-electron chi connectivity index (χ4n) is 4.03. The highest BCUT2D eigenvalue weighted by molar-refractivity contribution is 9.10. The number of amides is 1. The van der Waals surface area contributed by atoms with Crippen LogP contribution in [-0.4, -0.2) is 30.2 Å². The first kappa shape index (κ1) is 25.0. The van der Waals surface area contributed by atoms with Crippen LogP contribution >= 0.6 is 15.9 Å². The minimum Gasteiger partial charge on any atom is -0.493 e. The van der Waals surface area contributed by atoms with Crippen molar-refractivity contribution in [2.45, 2.75) is 0 Å². The second kappa shape index (κ2) is 11.1. The minimum absolute atomic E-state index is 0.271. The number of H-pyrrole nitrogens is 1. The van der Waals surface area contributed by atoms with Gasteiger partial charge < -0.3 is 14.5 Å². The maximum atomic E-state index is 13.1. The Hall–Kier alpha value is -4.69. The van der Waals surface area contributed by atoms with E-state index in [1.807, 2.05) is 54.6 Å². The van der Waals surface area contributed by atoms with Gasteiger partial charge in [-0.15, -0.1) is 0 Å². The summed E-state index contributed by atoms with van der Waals surface area (Å²) in [6.45, 7) is 0. The van der Waals surface area contributed by atoms with E-state index in [9.17, 15) is 9.59 Å². The van der Waals surface area contributed by atoms with Crippen molar-refractivity contribution < 1.29 is 19.1 Å². The van der Waals surface area contributed by atoms with Crippen LogP contribution in [0, 0.1) is 0 Å². The van der Waals surface area contributed by atoms with Gasteiger partial charge in [-0.3, -0.25) is 4.79 Å². The van der Waals surface area contributed by atoms with E-state index >= 15 is 0 Å². The average Bonchev–Trinajstić information content (AvgIpc) is 3.34. The number of ether oxygens (including phenoxy) is 2. The number of methoxy groups -OCH3 is 1. The third-order valence-corrected chi connectivity index (χ3v) is 6.37. The van der Waals surface area contributed by atoms with Crippen LogP contribution < -0.4 is 14.9 Å². The van der Waals surface area contributed by atoms with E-state index in [0.717, 1.165) is 26.5 Å². The summed E-state index contributed by atoms with van der Waals surface area (Å²) in [5.74, 6) is -0.250. The van der Waals surface area contributed by atoms with Crippen LogP contribution in [0.3, 0.4) is 0 Å². The van der Waals surface area contributed by atoms with Crippen LogP contribution in [0.5, 0.6) is 11.5 Å². The lowest BCUT2D eigenvalue weighted by atomic mass is 10.0. The number of nitrogens with one attached hydrogen (secondary N) is 2. The number of aromatic amines is 1. The van der Waals surface area contributed by atoms with Crippen molar-refractivity contribution in [3.05, 3.63) is 118 Å². The molecular formula is C30H22BrN3O4. The smallest absolute Gasteiger partial charge is 0.343 e. The molecule has 0 fully saturated rings. The normalized spacial score (nSPS) is 11.0. The van der Waals surface area contributed by atoms with Gasteiger partial charge in [-0.1, -0.05) is 64.5 Å². The molecule has 0 bridgehead atoms. The quantitative estimate of drug-likeness (QED) is 0.100. The molecule has 0 unspecified atom stereocenters. The molecule has 0 saturated heterocycles. The molecule has 0 atom stereocenters. The number of halogens is 1. The molecule has 0 aliphatic carbocycles. The summed E-state index contributed by atoms with van der Waals surface area (Å²) in [6, 6.07) is 29.3. The van der Waals surface area contributed by atoms with Crippen molar-refractivity contribution >= 4 is 44.9 Å². The highest BCUT2D eigenvalue weighted by atomic mass is 79.9. The van der Waals surface area contributed by atoms with Crippen LogP contribution in [0.1, 0.15) is 26.4 Å². The van der Waals surface area contributed by atoms with E-state index < -0.39 is 5.97 Å². The summed E-state index contributed by atoms with van der Waals surface area (Å²) in [5.41, 5.74) is 6.67.